The number of benzene rings is 1. The Kier molecular flexibility index (Phi) is 5.90. The van der Waals surface area contributed by atoms with Crippen LogP contribution in [0.25, 0.3) is 0 Å². The van der Waals surface area contributed by atoms with Crippen molar-refractivity contribution in [1.29, 1.82) is 0 Å². The van der Waals surface area contributed by atoms with E-state index in [0.29, 0.717) is 28.1 Å². The van der Waals surface area contributed by atoms with Gasteiger partial charge in [-0.3, -0.25) is 4.79 Å². The van der Waals surface area contributed by atoms with Gasteiger partial charge >= 0.3 is 0 Å². The van der Waals surface area contributed by atoms with E-state index < -0.39 is 0 Å². The maximum atomic E-state index is 12.0. The highest BCUT2D eigenvalue weighted by atomic mass is 35.5. The van der Waals surface area contributed by atoms with Crippen LogP contribution in [-0.4, -0.2) is 23.3 Å². The molecule has 1 aromatic carbocycles. The zero-order valence-electron chi connectivity index (χ0n) is 11.5. The number of pyridine rings is 1. The van der Waals surface area contributed by atoms with Crippen molar-refractivity contribution in [2.75, 3.05) is 17.7 Å². The Morgan fingerprint density at radius 1 is 1.33 bits per heavy atom. The fourth-order valence-electron chi connectivity index (χ4n) is 1.65. The summed E-state index contributed by atoms with van der Waals surface area (Å²) in [4.78, 5) is 16.1. The normalized spacial score (nSPS) is 10.2. The van der Waals surface area contributed by atoms with E-state index in [9.17, 15) is 4.79 Å². The van der Waals surface area contributed by atoms with Crippen molar-refractivity contribution in [2.24, 2.45) is 0 Å². The summed E-state index contributed by atoms with van der Waals surface area (Å²) < 4.78 is 5.46. The van der Waals surface area contributed by atoms with Crippen LogP contribution in [-0.2, 0) is 4.79 Å². The zero-order chi connectivity index (χ0) is 15.1. The van der Waals surface area contributed by atoms with Crippen LogP contribution in [0.15, 0.2) is 47.6 Å². The molecule has 0 atom stereocenters. The fraction of sp³-hybridized carbons (Fsp3) is 0.200. The molecule has 0 saturated heterocycles. The second-order valence-electron chi connectivity index (χ2n) is 4.06. The summed E-state index contributed by atoms with van der Waals surface area (Å²) in [7, 11) is 0. The van der Waals surface area contributed by atoms with Gasteiger partial charge in [-0.2, -0.15) is 0 Å². The van der Waals surface area contributed by atoms with Crippen molar-refractivity contribution in [3.05, 3.63) is 47.6 Å². The van der Waals surface area contributed by atoms with Gasteiger partial charge in [0.15, 0.2) is 0 Å². The van der Waals surface area contributed by atoms with Gasteiger partial charge in [0.1, 0.15) is 10.8 Å². The first-order valence-corrected chi connectivity index (χ1v) is 7.82. The van der Waals surface area contributed by atoms with Crippen LogP contribution >= 0.6 is 23.4 Å². The van der Waals surface area contributed by atoms with Crippen molar-refractivity contribution in [2.45, 2.75) is 11.9 Å². The Hall–Kier alpha value is -1.72. The molecule has 0 unspecified atom stereocenters. The molecule has 21 heavy (non-hydrogen) atoms. The van der Waals surface area contributed by atoms with Crippen molar-refractivity contribution in [3.8, 4) is 5.75 Å². The predicted octanol–water partition coefficient (Wildman–Crippen LogP) is 3.86. The lowest BCUT2D eigenvalue weighted by molar-refractivity contribution is -0.113. The summed E-state index contributed by atoms with van der Waals surface area (Å²) >= 11 is 7.30. The minimum atomic E-state index is -0.131. The number of hydrogen-bond acceptors (Lipinski definition) is 4. The monoisotopic (exact) mass is 322 g/mol. The van der Waals surface area contributed by atoms with Crippen LogP contribution in [0.4, 0.5) is 5.69 Å². The molecule has 0 aliphatic rings. The molecular formula is C15H15ClN2O2S. The Labute approximate surface area is 132 Å². The maximum absolute atomic E-state index is 12.0. The number of thioether (sulfide) groups is 1. The molecular weight excluding hydrogens is 308 g/mol. The third-order valence-electron chi connectivity index (χ3n) is 2.53. The lowest BCUT2D eigenvalue weighted by atomic mass is 10.3. The molecule has 1 N–H and O–H groups in total. The molecule has 0 aliphatic heterocycles. The van der Waals surface area contributed by atoms with Crippen molar-refractivity contribution < 1.29 is 9.53 Å². The van der Waals surface area contributed by atoms with E-state index in [-0.39, 0.29) is 11.7 Å². The van der Waals surface area contributed by atoms with Gasteiger partial charge in [0.2, 0.25) is 5.91 Å². The summed E-state index contributed by atoms with van der Waals surface area (Å²) in [5.74, 6) is 0.764. The van der Waals surface area contributed by atoms with Gasteiger partial charge in [-0.1, -0.05) is 35.5 Å². The Morgan fingerprint density at radius 2 is 2.14 bits per heavy atom. The number of carbonyl (C=O) groups excluding carboxylic acids is 1. The van der Waals surface area contributed by atoms with Gasteiger partial charge < -0.3 is 10.1 Å². The van der Waals surface area contributed by atoms with Crippen LogP contribution in [0.2, 0.25) is 5.02 Å². The number of rotatable bonds is 6. The topological polar surface area (TPSA) is 51.2 Å². The number of nitrogens with one attached hydrogen (secondary N) is 1. The second-order valence-corrected chi connectivity index (χ2v) is 5.43. The first-order valence-electron chi connectivity index (χ1n) is 6.45. The van der Waals surface area contributed by atoms with Crippen LogP contribution in [0.1, 0.15) is 6.92 Å². The Morgan fingerprint density at radius 3 is 2.90 bits per heavy atom. The highest BCUT2D eigenvalue weighted by molar-refractivity contribution is 8.00. The van der Waals surface area contributed by atoms with Gasteiger partial charge in [-0.15, -0.1) is 0 Å². The van der Waals surface area contributed by atoms with Crippen molar-refractivity contribution in [3.63, 3.8) is 0 Å². The molecule has 0 spiro atoms. The third-order valence-corrected chi connectivity index (χ3v) is 3.95. The highest BCUT2D eigenvalue weighted by Crippen LogP contribution is 2.26. The summed E-state index contributed by atoms with van der Waals surface area (Å²) in [6, 6.07) is 10.8. The highest BCUT2D eigenvalue weighted by Gasteiger charge is 2.09. The van der Waals surface area contributed by atoms with E-state index in [4.69, 9.17) is 16.3 Å². The van der Waals surface area contributed by atoms with E-state index in [2.05, 4.69) is 10.3 Å². The number of para-hydroxylation sites is 2. The molecule has 110 valence electrons. The SMILES string of the molecule is CCOc1ccccc1NC(=O)CSc1ncccc1Cl. The number of carbonyl (C=O) groups is 1. The minimum absolute atomic E-state index is 0.131. The molecule has 0 radical (unpaired) electrons. The number of halogens is 1. The molecule has 0 fully saturated rings. The zero-order valence-corrected chi connectivity index (χ0v) is 13.1. The Balaban J connectivity index is 1.95. The lowest BCUT2D eigenvalue weighted by Crippen LogP contribution is -2.15. The van der Waals surface area contributed by atoms with Crippen molar-refractivity contribution >= 4 is 35.0 Å². The smallest absolute Gasteiger partial charge is 0.234 e. The van der Waals surface area contributed by atoms with Crippen LogP contribution in [0.5, 0.6) is 5.75 Å². The minimum Gasteiger partial charge on any atom is -0.492 e. The van der Waals surface area contributed by atoms with Crippen LogP contribution < -0.4 is 10.1 Å². The van der Waals surface area contributed by atoms with Crippen LogP contribution in [0, 0.1) is 0 Å². The van der Waals surface area contributed by atoms with E-state index in [1.165, 1.54) is 11.8 Å². The molecule has 0 saturated carbocycles. The molecule has 6 heteroatoms. The second kappa shape index (κ2) is 7.90. The summed E-state index contributed by atoms with van der Waals surface area (Å²) in [5, 5.41) is 4.02. The fourth-order valence-corrected chi connectivity index (χ4v) is 2.62. The Bertz CT molecular complexity index is 622. The van der Waals surface area contributed by atoms with E-state index in [0.717, 1.165) is 0 Å². The van der Waals surface area contributed by atoms with Crippen molar-refractivity contribution in [1.82, 2.24) is 4.98 Å². The van der Waals surface area contributed by atoms with E-state index in [1.807, 2.05) is 25.1 Å². The number of hydrogen-bond donors (Lipinski definition) is 1. The maximum Gasteiger partial charge on any atom is 0.234 e. The predicted molar refractivity (Wildman–Crippen MR) is 86.2 cm³/mol. The molecule has 1 aromatic heterocycles. The molecule has 2 aromatic rings. The molecule has 0 bridgehead atoms. The summed E-state index contributed by atoms with van der Waals surface area (Å²) in [5.41, 5.74) is 0.664. The first kappa shape index (κ1) is 15.7. The third kappa shape index (κ3) is 4.65. The molecule has 1 amide bonds. The van der Waals surface area contributed by atoms with Gasteiger partial charge in [-0.05, 0) is 31.2 Å². The first-order chi connectivity index (χ1) is 10.2. The number of amides is 1. The van der Waals surface area contributed by atoms with Gasteiger partial charge in [0.25, 0.3) is 0 Å². The number of aromatic nitrogens is 1. The lowest BCUT2D eigenvalue weighted by Gasteiger charge is -2.11. The standard InChI is InChI=1S/C15H15ClN2O2S/c1-2-20-13-8-4-3-7-12(13)18-14(19)10-21-15-11(16)6-5-9-17-15/h3-9H,2,10H2,1H3,(H,18,19). The number of anilines is 1. The van der Waals surface area contributed by atoms with Crippen LogP contribution in [0.3, 0.4) is 0 Å². The average Bonchev–Trinajstić information content (AvgIpc) is 2.49. The molecule has 1 heterocycles. The quantitative estimate of drug-likeness (QED) is 0.820. The van der Waals surface area contributed by atoms with Gasteiger partial charge in [0.05, 0.1) is 23.1 Å². The largest absolute Gasteiger partial charge is 0.492 e. The van der Waals surface area contributed by atoms with Gasteiger partial charge in [0, 0.05) is 6.20 Å². The van der Waals surface area contributed by atoms with E-state index >= 15 is 0 Å². The molecule has 2 rings (SSSR count). The van der Waals surface area contributed by atoms with Gasteiger partial charge in [-0.25, -0.2) is 4.98 Å². The summed E-state index contributed by atoms with van der Waals surface area (Å²) in [6.45, 7) is 2.45. The number of nitrogens with zero attached hydrogens (tertiary/aromatic N) is 1. The van der Waals surface area contributed by atoms with E-state index in [1.54, 1.807) is 24.4 Å². The average molecular weight is 323 g/mol. The molecule has 0 aliphatic carbocycles. The summed E-state index contributed by atoms with van der Waals surface area (Å²) in [6.07, 6.45) is 1.65. The number of ether oxygens (including phenoxy) is 1. The molecule has 4 nitrogen and oxygen atoms in total.